The van der Waals surface area contributed by atoms with Crippen molar-refractivity contribution in [2.45, 2.75) is 52.8 Å². The van der Waals surface area contributed by atoms with Crippen molar-refractivity contribution in [3.8, 4) is 17.2 Å². The number of nitrogens with zero attached hydrogens (tertiary/aromatic N) is 1. The van der Waals surface area contributed by atoms with E-state index in [0.717, 1.165) is 17.5 Å². The Morgan fingerprint density at radius 2 is 1.72 bits per heavy atom. The average molecular weight is 530 g/mol. The van der Waals surface area contributed by atoms with E-state index in [0.29, 0.717) is 35.0 Å². The van der Waals surface area contributed by atoms with Gasteiger partial charge >= 0.3 is 0 Å². The molecule has 4 rings (SSSR count). The van der Waals surface area contributed by atoms with Gasteiger partial charge in [0.1, 0.15) is 23.0 Å². The lowest BCUT2D eigenvalue weighted by molar-refractivity contribution is -0.140. The molecule has 1 atom stereocenters. The summed E-state index contributed by atoms with van der Waals surface area (Å²) in [5.74, 6) is 0.343. The van der Waals surface area contributed by atoms with Gasteiger partial charge in [-0.25, -0.2) is 0 Å². The van der Waals surface area contributed by atoms with E-state index in [1.165, 1.54) is 4.90 Å². The lowest BCUT2D eigenvalue weighted by Crippen LogP contribution is -2.29. The zero-order chi connectivity index (χ0) is 28.1. The highest BCUT2D eigenvalue weighted by Crippen LogP contribution is 2.41. The second-order valence-electron chi connectivity index (χ2n) is 9.80. The fourth-order valence-corrected chi connectivity index (χ4v) is 4.73. The number of hydrogen-bond acceptors (Lipinski definition) is 6. The summed E-state index contributed by atoms with van der Waals surface area (Å²) in [7, 11) is 1.56. The summed E-state index contributed by atoms with van der Waals surface area (Å²) < 4.78 is 17.0. The zero-order valence-corrected chi connectivity index (χ0v) is 23.1. The van der Waals surface area contributed by atoms with Gasteiger partial charge in [0.2, 0.25) is 0 Å². The number of aliphatic hydroxyl groups excluding tert-OH is 1. The first-order valence-electron chi connectivity index (χ1n) is 13.2. The number of hydrogen-bond donors (Lipinski definition) is 1. The fraction of sp³-hybridized carbons (Fsp3) is 0.312. The number of ketones is 1. The lowest BCUT2D eigenvalue weighted by Gasteiger charge is -2.26. The number of Topliss-reactive ketones (excluding diaryl/α,β-unsaturated/α-hetero) is 1. The first kappa shape index (κ1) is 27.8. The van der Waals surface area contributed by atoms with Crippen molar-refractivity contribution in [1.82, 2.24) is 4.90 Å². The van der Waals surface area contributed by atoms with Crippen LogP contribution in [0.3, 0.4) is 0 Å². The largest absolute Gasteiger partial charge is 0.507 e. The molecular weight excluding hydrogens is 494 g/mol. The van der Waals surface area contributed by atoms with Crippen LogP contribution in [0.5, 0.6) is 17.2 Å². The third-order valence-electron chi connectivity index (χ3n) is 6.55. The van der Waals surface area contributed by atoms with E-state index >= 15 is 0 Å². The Bertz CT molecular complexity index is 1380. The van der Waals surface area contributed by atoms with E-state index in [9.17, 15) is 14.7 Å². The van der Waals surface area contributed by atoms with Gasteiger partial charge in [-0.15, -0.1) is 0 Å². The standard InChI is InChI=1S/C32H35NO6/c1-6-17-38-26-16-13-23(18-21(26)4)30(34)28-29(22-11-14-25(15-12-22)39-20(2)3)33(32(36)31(28)35)19-24-9-7-8-10-27(24)37-5/h7-16,18,20,29,34H,6,17,19H2,1-5H3/b30-28-. The monoisotopic (exact) mass is 529 g/mol. The summed E-state index contributed by atoms with van der Waals surface area (Å²) in [5.41, 5.74) is 2.73. The van der Waals surface area contributed by atoms with E-state index in [1.807, 2.05) is 76.2 Å². The highest BCUT2D eigenvalue weighted by molar-refractivity contribution is 6.46. The summed E-state index contributed by atoms with van der Waals surface area (Å²) >= 11 is 0. The van der Waals surface area contributed by atoms with Crippen LogP contribution in [0, 0.1) is 6.92 Å². The molecule has 0 saturated carbocycles. The lowest BCUT2D eigenvalue weighted by atomic mass is 9.94. The zero-order valence-electron chi connectivity index (χ0n) is 23.1. The number of amides is 1. The number of rotatable bonds is 10. The molecule has 1 amide bonds. The third-order valence-corrected chi connectivity index (χ3v) is 6.55. The Kier molecular flexibility index (Phi) is 8.59. The summed E-state index contributed by atoms with van der Waals surface area (Å²) in [4.78, 5) is 28.4. The second kappa shape index (κ2) is 12.1. The minimum absolute atomic E-state index is 0.000418. The van der Waals surface area contributed by atoms with Crippen LogP contribution in [0.4, 0.5) is 0 Å². The van der Waals surface area contributed by atoms with Crippen molar-refractivity contribution in [2.24, 2.45) is 0 Å². The SMILES string of the molecule is CCCOc1ccc(/C(O)=C2/C(=O)C(=O)N(Cc3ccccc3OC)C2c2ccc(OC(C)C)cc2)cc1C. The number of aryl methyl sites for hydroxylation is 1. The number of carbonyl (C=O) groups excluding carboxylic acids is 2. The molecule has 0 bridgehead atoms. The van der Waals surface area contributed by atoms with Crippen molar-refractivity contribution >= 4 is 17.4 Å². The normalized spacial score (nSPS) is 16.6. The number of carbonyl (C=O) groups is 2. The first-order chi connectivity index (χ1) is 18.7. The summed E-state index contributed by atoms with van der Waals surface area (Å²) in [6, 6.07) is 19.1. The van der Waals surface area contributed by atoms with Gasteiger partial charge in [-0.3, -0.25) is 9.59 Å². The average Bonchev–Trinajstić information content (AvgIpc) is 3.17. The Balaban J connectivity index is 1.81. The minimum atomic E-state index is -0.806. The van der Waals surface area contributed by atoms with E-state index in [4.69, 9.17) is 14.2 Å². The number of ether oxygens (including phenoxy) is 3. The maximum Gasteiger partial charge on any atom is 0.295 e. The molecule has 1 heterocycles. The van der Waals surface area contributed by atoms with Gasteiger partial charge < -0.3 is 24.2 Å². The molecule has 1 N–H and O–H groups in total. The number of methoxy groups -OCH3 is 1. The van der Waals surface area contributed by atoms with Gasteiger partial charge in [0.15, 0.2) is 0 Å². The highest BCUT2D eigenvalue weighted by atomic mass is 16.5. The maximum absolute atomic E-state index is 13.5. The van der Waals surface area contributed by atoms with E-state index < -0.39 is 17.7 Å². The van der Waals surface area contributed by atoms with Crippen LogP contribution in [0.15, 0.2) is 72.3 Å². The molecule has 7 heteroatoms. The molecule has 204 valence electrons. The molecule has 1 aliphatic rings. The fourth-order valence-electron chi connectivity index (χ4n) is 4.73. The molecule has 0 aromatic heterocycles. The smallest absolute Gasteiger partial charge is 0.295 e. The Morgan fingerprint density at radius 3 is 2.36 bits per heavy atom. The van der Waals surface area contributed by atoms with Crippen LogP contribution >= 0.6 is 0 Å². The third kappa shape index (κ3) is 5.93. The van der Waals surface area contributed by atoms with Gasteiger partial charge in [-0.2, -0.15) is 0 Å². The van der Waals surface area contributed by atoms with Crippen molar-refractivity contribution in [1.29, 1.82) is 0 Å². The maximum atomic E-state index is 13.5. The van der Waals surface area contributed by atoms with Gasteiger partial charge in [0.05, 0.1) is 38.0 Å². The van der Waals surface area contributed by atoms with Gasteiger partial charge in [0, 0.05) is 11.1 Å². The predicted octanol–water partition coefficient (Wildman–Crippen LogP) is 6.20. The van der Waals surface area contributed by atoms with E-state index in [2.05, 4.69) is 0 Å². The molecule has 1 saturated heterocycles. The van der Waals surface area contributed by atoms with Crippen molar-refractivity contribution in [3.63, 3.8) is 0 Å². The molecular formula is C32H35NO6. The van der Waals surface area contributed by atoms with Gasteiger partial charge in [-0.05, 0) is 74.7 Å². The van der Waals surface area contributed by atoms with Crippen LogP contribution in [0.2, 0.25) is 0 Å². The molecule has 39 heavy (non-hydrogen) atoms. The Morgan fingerprint density at radius 1 is 1.00 bits per heavy atom. The van der Waals surface area contributed by atoms with Gasteiger partial charge in [0.25, 0.3) is 11.7 Å². The first-order valence-corrected chi connectivity index (χ1v) is 13.2. The Hall–Kier alpha value is -4.26. The summed E-state index contributed by atoms with van der Waals surface area (Å²) in [6.45, 7) is 8.50. The minimum Gasteiger partial charge on any atom is -0.507 e. The van der Waals surface area contributed by atoms with Crippen LogP contribution < -0.4 is 14.2 Å². The molecule has 3 aromatic rings. The molecule has 3 aromatic carbocycles. The molecule has 1 fully saturated rings. The molecule has 0 aliphatic carbocycles. The van der Waals surface area contributed by atoms with Crippen LogP contribution in [-0.4, -0.2) is 41.5 Å². The molecule has 1 aliphatic heterocycles. The topological polar surface area (TPSA) is 85.3 Å². The summed E-state index contributed by atoms with van der Waals surface area (Å²) in [6.07, 6.45) is 0.872. The number of benzene rings is 3. The van der Waals surface area contributed by atoms with Crippen LogP contribution in [-0.2, 0) is 16.1 Å². The predicted molar refractivity (Wildman–Crippen MR) is 150 cm³/mol. The highest BCUT2D eigenvalue weighted by Gasteiger charge is 2.46. The molecule has 0 spiro atoms. The van der Waals surface area contributed by atoms with Crippen molar-refractivity contribution < 1.29 is 28.9 Å². The van der Waals surface area contributed by atoms with E-state index in [1.54, 1.807) is 25.3 Å². The Labute approximate surface area is 229 Å². The van der Waals surface area contributed by atoms with Crippen LogP contribution in [0.1, 0.15) is 55.5 Å². The van der Waals surface area contributed by atoms with E-state index in [-0.39, 0.29) is 24.0 Å². The van der Waals surface area contributed by atoms with Crippen molar-refractivity contribution in [3.05, 3.63) is 94.6 Å². The second-order valence-corrected chi connectivity index (χ2v) is 9.80. The molecule has 0 radical (unpaired) electrons. The number of likely N-dealkylation sites (tertiary alicyclic amines) is 1. The van der Waals surface area contributed by atoms with Crippen LogP contribution in [0.25, 0.3) is 5.76 Å². The van der Waals surface area contributed by atoms with Crippen molar-refractivity contribution in [2.75, 3.05) is 13.7 Å². The molecule has 1 unspecified atom stereocenters. The van der Waals surface area contributed by atoms with Gasteiger partial charge in [-0.1, -0.05) is 37.3 Å². The molecule has 7 nitrogen and oxygen atoms in total. The number of aliphatic hydroxyl groups is 1. The number of para-hydroxylation sites is 1. The quantitative estimate of drug-likeness (QED) is 0.191. The summed E-state index contributed by atoms with van der Waals surface area (Å²) in [5, 5.41) is 11.5.